The van der Waals surface area contributed by atoms with Crippen molar-refractivity contribution >= 4 is 33.7 Å². The number of carbonyl (C=O) groups is 2. The van der Waals surface area contributed by atoms with E-state index in [0.717, 1.165) is 36.1 Å². The number of aliphatic hydroxyl groups excluding tert-OH is 1. The van der Waals surface area contributed by atoms with Gasteiger partial charge in [0.1, 0.15) is 5.76 Å². The van der Waals surface area contributed by atoms with Crippen molar-refractivity contribution in [2.45, 2.75) is 12.5 Å². The summed E-state index contributed by atoms with van der Waals surface area (Å²) in [7, 11) is 0. The number of amides is 1. The summed E-state index contributed by atoms with van der Waals surface area (Å²) in [6, 6.07) is 10.3. The molecule has 0 radical (unpaired) electrons. The van der Waals surface area contributed by atoms with Crippen molar-refractivity contribution in [3.63, 3.8) is 0 Å². The average Bonchev–Trinajstić information content (AvgIpc) is 3.40. The van der Waals surface area contributed by atoms with Gasteiger partial charge in [-0.1, -0.05) is 28.1 Å². The highest BCUT2D eigenvalue weighted by atomic mass is 79.9. The third-order valence-corrected chi connectivity index (χ3v) is 6.15. The van der Waals surface area contributed by atoms with Crippen LogP contribution in [-0.4, -0.2) is 66.0 Å². The molecule has 2 aromatic rings. The fourth-order valence-electron chi connectivity index (χ4n) is 4.08. The highest BCUT2D eigenvalue weighted by Gasteiger charge is 2.42. The first-order chi connectivity index (χ1) is 15.5. The van der Waals surface area contributed by atoms with E-state index in [4.69, 9.17) is 9.15 Å². The van der Waals surface area contributed by atoms with E-state index in [0.29, 0.717) is 25.5 Å². The second-order valence-electron chi connectivity index (χ2n) is 7.74. The Hall–Kier alpha value is -2.68. The number of benzene rings is 1. The number of halogens is 1. The zero-order valence-electron chi connectivity index (χ0n) is 17.6. The molecule has 1 aromatic heterocycles. The lowest BCUT2D eigenvalue weighted by Gasteiger charge is -2.30. The normalized spacial score (nSPS) is 20.0. The standard InChI is InChI=1S/C24H25BrN2O5/c25-18-5-1-4-17(16-18)22-21(20(28)8-7-19-6-2-13-32-19)23(29)24(30)27(22)10-3-9-26-11-14-31-15-12-26/h1-2,4-8,13,16,22,29H,3,9-12,14-15H2/b8-7+. The van der Waals surface area contributed by atoms with Crippen LogP contribution >= 0.6 is 15.9 Å². The summed E-state index contributed by atoms with van der Waals surface area (Å²) in [5.41, 5.74) is 0.847. The van der Waals surface area contributed by atoms with E-state index in [1.807, 2.05) is 24.3 Å². The van der Waals surface area contributed by atoms with Gasteiger partial charge in [0.25, 0.3) is 5.91 Å². The maximum Gasteiger partial charge on any atom is 0.290 e. The predicted octanol–water partition coefficient (Wildman–Crippen LogP) is 3.74. The minimum atomic E-state index is -0.654. The smallest absolute Gasteiger partial charge is 0.290 e. The van der Waals surface area contributed by atoms with E-state index in [2.05, 4.69) is 20.8 Å². The first-order valence-corrected chi connectivity index (χ1v) is 11.4. The van der Waals surface area contributed by atoms with Crippen LogP contribution in [0, 0.1) is 0 Å². The Bertz CT molecular complexity index is 1020. The quantitative estimate of drug-likeness (QED) is 0.555. The molecule has 0 spiro atoms. The van der Waals surface area contributed by atoms with Gasteiger partial charge in [-0.25, -0.2) is 0 Å². The fourth-order valence-corrected chi connectivity index (χ4v) is 4.50. The molecule has 1 fully saturated rings. The Morgan fingerprint density at radius 1 is 1.19 bits per heavy atom. The number of carbonyl (C=O) groups excluding carboxylic acids is 2. The van der Waals surface area contributed by atoms with Crippen LogP contribution in [0.2, 0.25) is 0 Å². The molecule has 0 bridgehead atoms. The highest BCUT2D eigenvalue weighted by molar-refractivity contribution is 9.10. The molecule has 1 aromatic carbocycles. The Morgan fingerprint density at radius 2 is 2.00 bits per heavy atom. The Morgan fingerprint density at radius 3 is 2.72 bits per heavy atom. The van der Waals surface area contributed by atoms with Crippen LogP contribution in [0.15, 0.2) is 69.0 Å². The van der Waals surface area contributed by atoms with Gasteiger partial charge in [-0.05, 0) is 48.4 Å². The molecule has 168 valence electrons. The predicted molar refractivity (Wildman–Crippen MR) is 123 cm³/mol. The van der Waals surface area contributed by atoms with Crippen molar-refractivity contribution in [1.82, 2.24) is 9.80 Å². The lowest BCUT2D eigenvalue weighted by Crippen LogP contribution is -2.39. The van der Waals surface area contributed by atoms with Gasteiger partial charge in [0.2, 0.25) is 0 Å². The highest BCUT2D eigenvalue weighted by Crippen LogP contribution is 2.38. The van der Waals surface area contributed by atoms with Crippen LogP contribution in [0.4, 0.5) is 0 Å². The first-order valence-electron chi connectivity index (χ1n) is 10.6. The van der Waals surface area contributed by atoms with Crippen LogP contribution in [0.5, 0.6) is 0 Å². The van der Waals surface area contributed by atoms with E-state index in [9.17, 15) is 14.7 Å². The summed E-state index contributed by atoms with van der Waals surface area (Å²) >= 11 is 3.47. The van der Waals surface area contributed by atoms with E-state index < -0.39 is 23.5 Å². The monoisotopic (exact) mass is 500 g/mol. The third-order valence-electron chi connectivity index (χ3n) is 5.65. The van der Waals surface area contributed by atoms with Gasteiger partial charge in [0.15, 0.2) is 11.5 Å². The Kier molecular flexibility index (Phi) is 7.24. The van der Waals surface area contributed by atoms with Crippen molar-refractivity contribution in [1.29, 1.82) is 0 Å². The van der Waals surface area contributed by atoms with E-state index >= 15 is 0 Å². The lowest BCUT2D eigenvalue weighted by molar-refractivity contribution is -0.129. The maximum atomic E-state index is 13.1. The molecule has 4 rings (SSSR count). The lowest BCUT2D eigenvalue weighted by atomic mass is 9.95. The number of morpholine rings is 1. The Balaban J connectivity index is 1.57. The van der Waals surface area contributed by atoms with Crippen molar-refractivity contribution in [2.75, 3.05) is 39.4 Å². The van der Waals surface area contributed by atoms with Crippen LogP contribution < -0.4 is 0 Å². The molecule has 1 atom stereocenters. The molecule has 1 amide bonds. The zero-order chi connectivity index (χ0) is 22.5. The van der Waals surface area contributed by atoms with Crippen molar-refractivity contribution in [2.24, 2.45) is 0 Å². The van der Waals surface area contributed by atoms with Gasteiger partial charge in [-0.15, -0.1) is 0 Å². The maximum absolute atomic E-state index is 13.1. The molecule has 32 heavy (non-hydrogen) atoms. The van der Waals surface area contributed by atoms with E-state index in [-0.39, 0.29) is 5.57 Å². The Labute approximate surface area is 195 Å². The van der Waals surface area contributed by atoms with Crippen LogP contribution in [0.3, 0.4) is 0 Å². The number of ketones is 1. The van der Waals surface area contributed by atoms with E-state index in [1.165, 1.54) is 18.4 Å². The number of furan rings is 1. The number of aliphatic hydroxyl groups is 1. The number of allylic oxidation sites excluding steroid dienone is 1. The SMILES string of the molecule is O=C(/C=C/c1ccco1)C1=C(O)C(=O)N(CCCN2CCOCC2)C1c1cccc(Br)c1. The zero-order valence-corrected chi connectivity index (χ0v) is 19.2. The molecule has 8 heteroatoms. The topological polar surface area (TPSA) is 83.2 Å². The molecule has 0 aliphatic carbocycles. The summed E-state index contributed by atoms with van der Waals surface area (Å²) in [6.07, 6.45) is 5.11. The third kappa shape index (κ3) is 5.03. The molecule has 1 N–H and O–H groups in total. The molecular formula is C24H25BrN2O5. The largest absolute Gasteiger partial charge is 0.503 e. The van der Waals surface area contributed by atoms with E-state index in [1.54, 1.807) is 17.0 Å². The number of hydrogen-bond acceptors (Lipinski definition) is 6. The summed E-state index contributed by atoms with van der Waals surface area (Å²) in [5, 5.41) is 10.7. The molecule has 2 aliphatic rings. The van der Waals surface area contributed by atoms with Gasteiger partial charge in [0.05, 0.1) is 31.1 Å². The first kappa shape index (κ1) is 22.5. The summed E-state index contributed by atoms with van der Waals surface area (Å²) in [6.45, 7) is 4.41. The minimum Gasteiger partial charge on any atom is -0.503 e. The summed E-state index contributed by atoms with van der Waals surface area (Å²) in [5.74, 6) is -0.917. The number of ether oxygens (including phenoxy) is 1. The molecule has 2 aliphatic heterocycles. The second-order valence-corrected chi connectivity index (χ2v) is 8.65. The summed E-state index contributed by atoms with van der Waals surface area (Å²) < 4.78 is 11.5. The van der Waals surface area contributed by atoms with Gasteiger partial charge < -0.3 is 19.2 Å². The molecular weight excluding hydrogens is 476 g/mol. The van der Waals surface area contributed by atoms with Crippen molar-refractivity contribution < 1.29 is 23.8 Å². The summed E-state index contributed by atoms with van der Waals surface area (Å²) in [4.78, 5) is 29.9. The van der Waals surface area contributed by atoms with Gasteiger partial charge in [-0.2, -0.15) is 0 Å². The second kappa shape index (κ2) is 10.3. The van der Waals surface area contributed by atoms with Crippen LogP contribution in [0.25, 0.3) is 6.08 Å². The fraction of sp³-hybridized carbons (Fsp3) is 0.333. The molecule has 1 saturated heterocycles. The van der Waals surface area contributed by atoms with Crippen molar-refractivity contribution in [3.05, 3.63) is 75.9 Å². The average molecular weight is 501 g/mol. The molecule has 7 nitrogen and oxygen atoms in total. The minimum absolute atomic E-state index is 0.0854. The van der Waals surface area contributed by atoms with Gasteiger partial charge in [0, 0.05) is 30.7 Å². The molecule has 1 unspecified atom stereocenters. The van der Waals surface area contributed by atoms with Crippen LogP contribution in [-0.2, 0) is 14.3 Å². The number of nitrogens with zero attached hydrogens (tertiary/aromatic N) is 2. The molecule has 3 heterocycles. The van der Waals surface area contributed by atoms with Crippen molar-refractivity contribution in [3.8, 4) is 0 Å². The van der Waals surface area contributed by atoms with Crippen LogP contribution in [0.1, 0.15) is 23.8 Å². The number of hydrogen-bond donors (Lipinski definition) is 1. The molecule has 0 saturated carbocycles. The number of rotatable bonds is 8. The van der Waals surface area contributed by atoms with Gasteiger partial charge >= 0.3 is 0 Å². The van der Waals surface area contributed by atoms with Gasteiger partial charge in [-0.3, -0.25) is 14.5 Å².